The molecule has 0 aliphatic heterocycles. The van der Waals surface area contributed by atoms with Crippen molar-refractivity contribution >= 4 is 17.3 Å². The van der Waals surface area contributed by atoms with E-state index in [1.54, 1.807) is 25.3 Å². The monoisotopic (exact) mass is 251 g/mol. The molecule has 18 heavy (non-hydrogen) atoms. The first-order valence-corrected chi connectivity index (χ1v) is 6.06. The Kier molecular flexibility index (Phi) is 5.45. The van der Waals surface area contributed by atoms with Crippen LogP contribution in [0.2, 0.25) is 0 Å². The first-order valence-electron chi connectivity index (χ1n) is 6.06. The standard InChI is InChI=1S/C13H21N3O2/c1-4-16(5-2)9-13(17)15-10-6-7-12(18-3)11(14)8-10/h6-8H,4-5,9,14H2,1-3H3,(H,15,17). The molecule has 1 amide bonds. The van der Waals surface area contributed by atoms with E-state index in [-0.39, 0.29) is 5.91 Å². The smallest absolute Gasteiger partial charge is 0.238 e. The van der Waals surface area contributed by atoms with Crippen molar-refractivity contribution in [2.24, 2.45) is 0 Å². The Balaban J connectivity index is 2.62. The summed E-state index contributed by atoms with van der Waals surface area (Å²) in [6.07, 6.45) is 0. The Hall–Kier alpha value is -1.75. The Morgan fingerprint density at radius 2 is 2.06 bits per heavy atom. The van der Waals surface area contributed by atoms with Crippen molar-refractivity contribution in [3.05, 3.63) is 18.2 Å². The van der Waals surface area contributed by atoms with E-state index >= 15 is 0 Å². The number of anilines is 2. The third-order valence-electron chi connectivity index (χ3n) is 2.78. The van der Waals surface area contributed by atoms with Crippen molar-refractivity contribution in [2.75, 3.05) is 37.8 Å². The molecule has 5 nitrogen and oxygen atoms in total. The zero-order chi connectivity index (χ0) is 13.5. The number of methoxy groups -OCH3 is 1. The summed E-state index contributed by atoms with van der Waals surface area (Å²) in [6.45, 7) is 6.16. The second-order valence-electron chi connectivity index (χ2n) is 3.97. The van der Waals surface area contributed by atoms with Gasteiger partial charge in [-0.05, 0) is 31.3 Å². The Morgan fingerprint density at radius 1 is 1.39 bits per heavy atom. The number of nitrogens with one attached hydrogen (secondary N) is 1. The van der Waals surface area contributed by atoms with Gasteiger partial charge in [-0.2, -0.15) is 0 Å². The lowest BCUT2D eigenvalue weighted by atomic mass is 10.2. The van der Waals surface area contributed by atoms with Gasteiger partial charge in [0.25, 0.3) is 0 Å². The number of likely N-dealkylation sites (N-methyl/N-ethyl adjacent to an activating group) is 1. The van der Waals surface area contributed by atoms with Crippen LogP contribution in [-0.2, 0) is 4.79 Å². The van der Waals surface area contributed by atoms with Gasteiger partial charge in [-0.15, -0.1) is 0 Å². The molecule has 100 valence electrons. The van der Waals surface area contributed by atoms with Gasteiger partial charge in [-0.1, -0.05) is 13.8 Å². The molecule has 1 rings (SSSR count). The lowest BCUT2D eigenvalue weighted by molar-refractivity contribution is -0.117. The fraction of sp³-hybridized carbons (Fsp3) is 0.462. The number of nitrogen functional groups attached to an aromatic ring is 1. The SMILES string of the molecule is CCN(CC)CC(=O)Nc1ccc(OC)c(N)c1. The summed E-state index contributed by atoms with van der Waals surface area (Å²) in [4.78, 5) is 13.8. The Bertz CT molecular complexity index is 403. The summed E-state index contributed by atoms with van der Waals surface area (Å²) in [6, 6.07) is 5.21. The highest BCUT2D eigenvalue weighted by Gasteiger charge is 2.08. The highest BCUT2D eigenvalue weighted by molar-refractivity contribution is 5.92. The van der Waals surface area contributed by atoms with Crippen LogP contribution in [0.1, 0.15) is 13.8 Å². The van der Waals surface area contributed by atoms with Crippen LogP contribution < -0.4 is 15.8 Å². The van der Waals surface area contributed by atoms with Crippen molar-refractivity contribution in [2.45, 2.75) is 13.8 Å². The van der Waals surface area contributed by atoms with E-state index in [0.29, 0.717) is 23.7 Å². The molecule has 0 aliphatic carbocycles. The van der Waals surface area contributed by atoms with Crippen molar-refractivity contribution in [1.29, 1.82) is 0 Å². The minimum absolute atomic E-state index is 0.0386. The normalized spacial score (nSPS) is 10.4. The number of hydrogen-bond donors (Lipinski definition) is 2. The van der Waals surface area contributed by atoms with Crippen LogP contribution in [0.4, 0.5) is 11.4 Å². The number of carbonyl (C=O) groups is 1. The number of amides is 1. The van der Waals surface area contributed by atoms with Gasteiger partial charge in [0.05, 0.1) is 19.3 Å². The van der Waals surface area contributed by atoms with Crippen LogP contribution in [0, 0.1) is 0 Å². The van der Waals surface area contributed by atoms with Crippen LogP contribution in [0.25, 0.3) is 0 Å². The average Bonchev–Trinajstić information content (AvgIpc) is 2.36. The van der Waals surface area contributed by atoms with Crippen LogP contribution in [-0.4, -0.2) is 37.6 Å². The fourth-order valence-electron chi connectivity index (χ4n) is 1.66. The number of rotatable bonds is 6. The summed E-state index contributed by atoms with van der Waals surface area (Å²) in [5.41, 5.74) is 6.97. The number of ether oxygens (including phenoxy) is 1. The van der Waals surface area contributed by atoms with Crippen LogP contribution >= 0.6 is 0 Å². The molecular weight excluding hydrogens is 230 g/mol. The van der Waals surface area contributed by atoms with E-state index in [0.717, 1.165) is 13.1 Å². The number of benzene rings is 1. The molecule has 0 spiro atoms. The van der Waals surface area contributed by atoms with Crippen LogP contribution in [0.15, 0.2) is 18.2 Å². The summed E-state index contributed by atoms with van der Waals surface area (Å²) in [5, 5.41) is 2.82. The van der Waals surface area contributed by atoms with Crippen molar-refractivity contribution in [1.82, 2.24) is 4.90 Å². The predicted octanol–water partition coefficient (Wildman–Crippen LogP) is 1.56. The summed E-state index contributed by atoms with van der Waals surface area (Å²) < 4.78 is 5.06. The second-order valence-corrected chi connectivity index (χ2v) is 3.97. The van der Waals surface area contributed by atoms with Crippen molar-refractivity contribution < 1.29 is 9.53 Å². The van der Waals surface area contributed by atoms with E-state index in [4.69, 9.17) is 10.5 Å². The largest absolute Gasteiger partial charge is 0.495 e. The highest BCUT2D eigenvalue weighted by atomic mass is 16.5. The molecule has 3 N–H and O–H groups in total. The van der Waals surface area contributed by atoms with Gasteiger partial charge in [0.1, 0.15) is 5.75 Å². The van der Waals surface area contributed by atoms with E-state index in [9.17, 15) is 4.79 Å². The molecular formula is C13H21N3O2. The molecule has 0 saturated heterocycles. The first kappa shape index (κ1) is 14.3. The van der Waals surface area contributed by atoms with Gasteiger partial charge in [-0.25, -0.2) is 0 Å². The first-order chi connectivity index (χ1) is 8.60. The quantitative estimate of drug-likeness (QED) is 0.753. The van der Waals surface area contributed by atoms with Gasteiger partial charge in [-0.3, -0.25) is 9.69 Å². The van der Waals surface area contributed by atoms with E-state index in [2.05, 4.69) is 5.32 Å². The van der Waals surface area contributed by atoms with Crippen LogP contribution in [0.3, 0.4) is 0 Å². The molecule has 0 atom stereocenters. The van der Waals surface area contributed by atoms with Crippen LogP contribution in [0.5, 0.6) is 5.75 Å². The van der Waals surface area contributed by atoms with Crippen molar-refractivity contribution in [3.63, 3.8) is 0 Å². The molecule has 0 bridgehead atoms. The molecule has 0 unspecified atom stereocenters. The number of carbonyl (C=O) groups excluding carboxylic acids is 1. The minimum atomic E-state index is -0.0386. The maximum Gasteiger partial charge on any atom is 0.238 e. The molecule has 0 fully saturated rings. The summed E-state index contributed by atoms with van der Waals surface area (Å²) in [5.74, 6) is 0.569. The van der Waals surface area contributed by atoms with E-state index < -0.39 is 0 Å². The number of hydrogen-bond acceptors (Lipinski definition) is 4. The number of nitrogens with zero attached hydrogens (tertiary/aromatic N) is 1. The Morgan fingerprint density at radius 3 is 2.56 bits per heavy atom. The van der Waals surface area contributed by atoms with Gasteiger partial charge < -0.3 is 15.8 Å². The molecule has 0 aromatic heterocycles. The molecule has 0 aliphatic rings. The summed E-state index contributed by atoms with van der Waals surface area (Å²) in [7, 11) is 1.56. The molecule has 5 heteroatoms. The number of nitrogens with two attached hydrogens (primary N) is 1. The molecule has 1 aromatic rings. The zero-order valence-corrected chi connectivity index (χ0v) is 11.2. The van der Waals surface area contributed by atoms with Crippen molar-refractivity contribution in [3.8, 4) is 5.75 Å². The lowest BCUT2D eigenvalue weighted by Crippen LogP contribution is -2.32. The maximum absolute atomic E-state index is 11.8. The average molecular weight is 251 g/mol. The Labute approximate surface area is 108 Å². The highest BCUT2D eigenvalue weighted by Crippen LogP contribution is 2.24. The van der Waals surface area contributed by atoms with Gasteiger partial charge in [0.2, 0.25) is 5.91 Å². The molecule has 0 heterocycles. The van der Waals surface area contributed by atoms with E-state index in [1.165, 1.54) is 0 Å². The molecule has 0 saturated carbocycles. The molecule has 0 radical (unpaired) electrons. The third kappa shape index (κ3) is 3.92. The second kappa shape index (κ2) is 6.86. The zero-order valence-electron chi connectivity index (χ0n) is 11.2. The predicted molar refractivity (Wildman–Crippen MR) is 73.8 cm³/mol. The fourth-order valence-corrected chi connectivity index (χ4v) is 1.66. The third-order valence-corrected chi connectivity index (χ3v) is 2.78. The molecule has 1 aromatic carbocycles. The minimum Gasteiger partial charge on any atom is -0.495 e. The lowest BCUT2D eigenvalue weighted by Gasteiger charge is -2.17. The van der Waals surface area contributed by atoms with Gasteiger partial charge in [0.15, 0.2) is 0 Å². The van der Waals surface area contributed by atoms with Gasteiger partial charge in [0, 0.05) is 5.69 Å². The van der Waals surface area contributed by atoms with E-state index in [1.807, 2.05) is 18.7 Å². The summed E-state index contributed by atoms with van der Waals surface area (Å²) >= 11 is 0. The van der Waals surface area contributed by atoms with Gasteiger partial charge >= 0.3 is 0 Å². The maximum atomic E-state index is 11.8. The topological polar surface area (TPSA) is 67.6 Å².